The van der Waals surface area contributed by atoms with Crippen LogP contribution in [-0.4, -0.2) is 23.0 Å². The van der Waals surface area contributed by atoms with Crippen LogP contribution < -0.4 is 5.32 Å². The van der Waals surface area contributed by atoms with Gasteiger partial charge in [0, 0.05) is 10.5 Å². The van der Waals surface area contributed by atoms with Gasteiger partial charge in [-0.3, -0.25) is 9.59 Å². The Balaban J connectivity index is 2.13. The number of carbonyl (C=O) groups excluding carboxylic acids is 1. The molecule has 2 rings (SSSR count). The summed E-state index contributed by atoms with van der Waals surface area (Å²) >= 11 is 3.36. The molecule has 2 atom stereocenters. The predicted molar refractivity (Wildman–Crippen MR) is 79.7 cm³/mol. The zero-order valence-electron chi connectivity index (χ0n) is 11.4. The molecule has 0 aromatic heterocycles. The molecule has 0 bridgehead atoms. The molecule has 2 N–H and O–H groups in total. The maximum Gasteiger partial charge on any atom is 0.308 e. The summed E-state index contributed by atoms with van der Waals surface area (Å²) in [5.41, 5.74) is 1.55. The van der Waals surface area contributed by atoms with E-state index in [1.807, 2.05) is 19.1 Å². The smallest absolute Gasteiger partial charge is 0.308 e. The van der Waals surface area contributed by atoms with Crippen molar-refractivity contribution in [1.82, 2.24) is 5.32 Å². The molecule has 1 amide bonds. The molecule has 0 saturated heterocycles. The number of carboxylic acid groups (broad SMARTS) is 1. The lowest BCUT2D eigenvalue weighted by Crippen LogP contribution is -2.45. The number of carbonyl (C=O) groups is 2. The number of carboxylic acids is 1. The fraction of sp³-hybridized carbons (Fsp3) is 0.467. The highest BCUT2D eigenvalue weighted by Crippen LogP contribution is 2.26. The molecular formula is C15H18BrNO3. The minimum Gasteiger partial charge on any atom is -0.481 e. The molecule has 0 radical (unpaired) electrons. The number of rotatable bonds is 3. The van der Waals surface area contributed by atoms with Crippen LogP contribution in [0.3, 0.4) is 0 Å². The van der Waals surface area contributed by atoms with Crippen molar-refractivity contribution in [2.45, 2.75) is 38.6 Å². The molecular weight excluding hydrogens is 322 g/mol. The maximum atomic E-state index is 12.3. The van der Waals surface area contributed by atoms with E-state index < -0.39 is 11.9 Å². The fourth-order valence-electron chi connectivity index (χ4n) is 2.66. The van der Waals surface area contributed by atoms with E-state index in [2.05, 4.69) is 21.2 Å². The van der Waals surface area contributed by atoms with Crippen LogP contribution in [0.25, 0.3) is 0 Å². The van der Waals surface area contributed by atoms with Crippen molar-refractivity contribution < 1.29 is 14.7 Å². The van der Waals surface area contributed by atoms with Gasteiger partial charge in [0.15, 0.2) is 0 Å². The summed E-state index contributed by atoms with van der Waals surface area (Å²) in [5.74, 6) is -1.51. The van der Waals surface area contributed by atoms with Gasteiger partial charge in [0.05, 0.1) is 11.5 Å². The summed E-state index contributed by atoms with van der Waals surface area (Å²) in [6, 6.07) is 5.28. The van der Waals surface area contributed by atoms with Gasteiger partial charge in [0.25, 0.3) is 5.91 Å². The van der Waals surface area contributed by atoms with Gasteiger partial charge >= 0.3 is 5.97 Å². The molecule has 1 aromatic rings. The van der Waals surface area contributed by atoms with E-state index in [0.29, 0.717) is 12.0 Å². The topological polar surface area (TPSA) is 66.4 Å². The van der Waals surface area contributed by atoms with Gasteiger partial charge in [0.2, 0.25) is 0 Å². The second kappa shape index (κ2) is 6.39. The molecule has 108 valence electrons. The van der Waals surface area contributed by atoms with Gasteiger partial charge in [-0.2, -0.15) is 0 Å². The Morgan fingerprint density at radius 3 is 2.70 bits per heavy atom. The number of amides is 1. The van der Waals surface area contributed by atoms with Crippen LogP contribution in [-0.2, 0) is 4.79 Å². The van der Waals surface area contributed by atoms with Gasteiger partial charge in [-0.1, -0.05) is 24.5 Å². The van der Waals surface area contributed by atoms with E-state index in [-0.39, 0.29) is 11.9 Å². The Bertz CT molecular complexity index is 530. The summed E-state index contributed by atoms with van der Waals surface area (Å²) < 4.78 is 0.725. The van der Waals surface area contributed by atoms with Gasteiger partial charge < -0.3 is 10.4 Å². The lowest BCUT2D eigenvalue weighted by atomic mass is 9.84. The van der Waals surface area contributed by atoms with E-state index in [1.54, 1.807) is 6.07 Å². The van der Waals surface area contributed by atoms with E-state index in [4.69, 9.17) is 0 Å². The van der Waals surface area contributed by atoms with Crippen LogP contribution in [0.15, 0.2) is 22.7 Å². The number of hydrogen-bond acceptors (Lipinski definition) is 2. The van der Waals surface area contributed by atoms with Gasteiger partial charge in [-0.05, 0) is 47.8 Å². The first kappa shape index (κ1) is 15.0. The number of aliphatic carboxylic acids is 1. The Morgan fingerprint density at radius 1 is 1.30 bits per heavy atom. The predicted octanol–water partition coefficient (Wildman–Crippen LogP) is 3.13. The first-order valence-corrected chi connectivity index (χ1v) is 7.58. The molecule has 1 aliphatic carbocycles. The number of benzene rings is 1. The lowest BCUT2D eigenvalue weighted by Gasteiger charge is -2.29. The second-order valence-electron chi connectivity index (χ2n) is 5.29. The third-order valence-corrected chi connectivity index (χ3v) is 4.46. The molecule has 1 saturated carbocycles. The first-order chi connectivity index (χ1) is 9.49. The Morgan fingerprint density at radius 2 is 2.00 bits per heavy atom. The van der Waals surface area contributed by atoms with Crippen molar-refractivity contribution >= 4 is 27.8 Å². The minimum atomic E-state index is -0.821. The number of nitrogens with one attached hydrogen (secondary N) is 1. The van der Waals surface area contributed by atoms with Crippen molar-refractivity contribution in [2.24, 2.45) is 5.92 Å². The van der Waals surface area contributed by atoms with Crippen LogP contribution >= 0.6 is 15.9 Å². The van der Waals surface area contributed by atoms with Crippen molar-refractivity contribution in [3.8, 4) is 0 Å². The highest BCUT2D eigenvalue weighted by molar-refractivity contribution is 9.10. The molecule has 0 heterocycles. The third-order valence-electron chi connectivity index (χ3n) is 3.77. The Kier molecular flexibility index (Phi) is 4.81. The zero-order valence-corrected chi connectivity index (χ0v) is 12.9. The van der Waals surface area contributed by atoms with Crippen molar-refractivity contribution in [3.63, 3.8) is 0 Å². The highest BCUT2D eigenvalue weighted by atomic mass is 79.9. The third kappa shape index (κ3) is 3.39. The van der Waals surface area contributed by atoms with Crippen molar-refractivity contribution in [1.29, 1.82) is 0 Å². The Labute approximate surface area is 126 Å². The largest absolute Gasteiger partial charge is 0.481 e. The van der Waals surface area contributed by atoms with Crippen molar-refractivity contribution in [3.05, 3.63) is 33.8 Å². The monoisotopic (exact) mass is 339 g/mol. The standard InChI is InChI=1S/C15H18BrNO3/c1-9-6-7-12(16)11(8-9)14(18)17-13-5-3-2-4-10(13)15(19)20/h6-8,10,13H,2-5H2,1H3,(H,17,18)(H,19,20). The average molecular weight is 340 g/mol. The van der Waals surface area contributed by atoms with Crippen LogP contribution in [0.4, 0.5) is 0 Å². The molecule has 0 aliphatic heterocycles. The van der Waals surface area contributed by atoms with Gasteiger partial charge in [-0.15, -0.1) is 0 Å². The first-order valence-electron chi connectivity index (χ1n) is 6.79. The summed E-state index contributed by atoms with van der Waals surface area (Å²) in [6.07, 6.45) is 3.24. The number of aryl methyl sites for hydroxylation is 1. The molecule has 1 fully saturated rings. The molecule has 20 heavy (non-hydrogen) atoms. The molecule has 2 unspecified atom stereocenters. The molecule has 5 heteroatoms. The van der Waals surface area contributed by atoms with Crippen LogP contribution in [0.2, 0.25) is 0 Å². The maximum absolute atomic E-state index is 12.3. The van der Waals surface area contributed by atoms with Crippen LogP contribution in [0, 0.1) is 12.8 Å². The van der Waals surface area contributed by atoms with E-state index in [9.17, 15) is 14.7 Å². The fourth-order valence-corrected chi connectivity index (χ4v) is 3.09. The number of halogens is 1. The van der Waals surface area contributed by atoms with Crippen LogP contribution in [0.5, 0.6) is 0 Å². The molecule has 1 aromatic carbocycles. The SMILES string of the molecule is Cc1ccc(Br)c(C(=O)NC2CCCCC2C(=O)O)c1. The zero-order chi connectivity index (χ0) is 14.7. The summed E-state index contributed by atoms with van der Waals surface area (Å²) in [7, 11) is 0. The summed E-state index contributed by atoms with van der Waals surface area (Å²) in [5, 5.41) is 12.1. The van der Waals surface area contributed by atoms with E-state index in [0.717, 1.165) is 29.3 Å². The second-order valence-corrected chi connectivity index (χ2v) is 6.15. The average Bonchev–Trinajstić information content (AvgIpc) is 2.41. The molecule has 4 nitrogen and oxygen atoms in total. The lowest BCUT2D eigenvalue weighted by molar-refractivity contribution is -0.143. The number of hydrogen-bond donors (Lipinski definition) is 2. The van der Waals surface area contributed by atoms with Crippen LogP contribution in [0.1, 0.15) is 41.6 Å². The Hall–Kier alpha value is -1.36. The summed E-state index contributed by atoms with van der Waals surface area (Å²) in [4.78, 5) is 23.6. The molecule has 0 spiro atoms. The van der Waals surface area contributed by atoms with E-state index in [1.165, 1.54) is 0 Å². The van der Waals surface area contributed by atoms with Gasteiger partial charge in [-0.25, -0.2) is 0 Å². The summed E-state index contributed by atoms with van der Waals surface area (Å²) in [6.45, 7) is 1.92. The normalized spacial score (nSPS) is 22.3. The molecule has 1 aliphatic rings. The minimum absolute atomic E-state index is 0.210. The quantitative estimate of drug-likeness (QED) is 0.888. The van der Waals surface area contributed by atoms with E-state index >= 15 is 0 Å². The van der Waals surface area contributed by atoms with Gasteiger partial charge in [0.1, 0.15) is 0 Å². The van der Waals surface area contributed by atoms with Crippen molar-refractivity contribution in [2.75, 3.05) is 0 Å². The highest BCUT2D eigenvalue weighted by Gasteiger charge is 2.32.